The van der Waals surface area contributed by atoms with Crippen LogP contribution in [-0.2, 0) is 24.7 Å². The molecule has 5 atom stereocenters. The van der Waals surface area contributed by atoms with Gasteiger partial charge in [-0.15, -0.1) is 0 Å². The summed E-state index contributed by atoms with van der Waals surface area (Å²) >= 11 is 6.28. The van der Waals surface area contributed by atoms with Crippen LogP contribution in [0.2, 0.25) is 5.02 Å². The van der Waals surface area contributed by atoms with Gasteiger partial charge in [0.05, 0.1) is 22.5 Å². The molecule has 4 N–H and O–H groups in total. The molecule has 0 bridgehead atoms. The smallest absolute Gasteiger partial charge is 0.250 e. The van der Waals surface area contributed by atoms with E-state index in [9.17, 15) is 19.2 Å². The first kappa shape index (κ1) is 19.8. The van der Waals surface area contributed by atoms with E-state index in [0.717, 1.165) is 0 Å². The van der Waals surface area contributed by atoms with Crippen molar-refractivity contribution >= 4 is 40.9 Å². The summed E-state index contributed by atoms with van der Waals surface area (Å²) in [6.45, 7) is 3.71. The van der Waals surface area contributed by atoms with Crippen LogP contribution in [0.5, 0.6) is 0 Å². The van der Waals surface area contributed by atoms with Crippen molar-refractivity contribution in [1.29, 1.82) is 0 Å². The molecule has 4 amide bonds. The molecule has 2 saturated heterocycles. The number of nitrogens with one attached hydrogen (secondary N) is 2. The van der Waals surface area contributed by atoms with Crippen LogP contribution in [-0.4, -0.2) is 40.6 Å². The number of primary amides is 1. The van der Waals surface area contributed by atoms with Crippen molar-refractivity contribution < 1.29 is 19.2 Å². The molecule has 3 heterocycles. The third-order valence-corrected chi connectivity index (χ3v) is 6.78. The average molecular weight is 419 g/mol. The third kappa shape index (κ3) is 2.62. The number of halogens is 1. The number of benzene rings is 1. The minimum absolute atomic E-state index is 0.0474. The van der Waals surface area contributed by atoms with Gasteiger partial charge in [0, 0.05) is 24.1 Å². The number of amides is 4. The number of hydrogen-bond donors (Lipinski definition) is 3. The molecule has 3 aliphatic rings. The molecule has 0 aromatic heterocycles. The van der Waals surface area contributed by atoms with E-state index in [1.165, 1.54) is 4.90 Å². The van der Waals surface area contributed by atoms with E-state index in [1.807, 2.05) is 13.8 Å². The maximum Gasteiger partial charge on any atom is 0.250 e. The number of fused-ring (bicyclic) bond motifs is 4. The summed E-state index contributed by atoms with van der Waals surface area (Å²) in [5.41, 5.74) is 4.91. The van der Waals surface area contributed by atoms with E-state index in [-0.39, 0.29) is 30.7 Å². The van der Waals surface area contributed by atoms with Crippen molar-refractivity contribution in [2.24, 2.45) is 17.6 Å². The minimum atomic E-state index is -1.40. The molecular weight excluding hydrogens is 396 g/mol. The number of anilines is 1. The molecule has 1 spiro atoms. The van der Waals surface area contributed by atoms with Crippen molar-refractivity contribution in [3.63, 3.8) is 0 Å². The van der Waals surface area contributed by atoms with Crippen LogP contribution in [0, 0.1) is 11.8 Å². The molecule has 29 heavy (non-hydrogen) atoms. The van der Waals surface area contributed by atoms with E-state index < -0.39 is 35.2 Å². The number of nitrogens with zero attached hydrogens (tertiary/aromatic N) is 1. The van der Waals surface area contributed by atoms with Crippen LogP contribution in [0.1, 0.15) is 38.7 Å². The molecule has 1 aromatic rings. The van der Waals surface area contributed by atoms with E-state index >= 15 is 0 Å². The van der Waals surface area contributed by atoms with Gasteiger partial charge in [-0.1, -0.05) is 30.7 Å². The highest BCUT2D eigenvalue weighted by molar-refractivity contribution is 6.35. The number of carbonyl (C=O) groups is 4. The lowest BCUT2D eigenvalue weighted by atomic mass is 9.76. The lowest BCUT2D eigenvalue weighted by Gasteiger charge is -2.31. The SMILES string of the molecule is CCC(C)N1C(=O)[C@@H]2C(CCC(N)=O)NC3(C(=O)Nc4c(Cl)cccc43)[C@@H]2C1=O. The Labute approximate surface area is 173 Å². The monoisotopic (exact) mass is 418 g/mol. The van der Waals surface area contributed by atoms with Crippen molar-refractivity contribution in [3.8, 4) is 0 Å². The second-order valence-corrected chi connectivity index (χ2v) is 8.39. The van der Waals surface area contributed by atoms with Gasteiger partial charge in [0.25, 0.3) is 0 Å². The minimum Gasteiger partial charge on any atom is -0.370 e. The number of likely N-dealkylation sites (tertiary alicyclic amines) is 1. The fraction of sp³-hybridized carbons (Fsp3) is 0.500. The van der Waals surface area contributed by atoms with Crippen LogP contribution in [0.15, 0.2) is 18.2 Å². The van der Waals surface area contributed by atoms with Crippen molar-refractivity contribution in [2.75, 3.05) is 5.32 Å². The van der Waals surface area contributed by atoms with Crippen molar-refractivity contribution in [2.45, 2.75) is 50.7 Å². The summed E-state index contributed by atoms with van der Waals surface area (Å²) in [5.74, 6) is -3.24. The predicted octanol–water partition coefficient (Wildman–Crippen LogP) is 1.12. The molecule has 8 nitrogen and oxygen atoms in total. The molecule has 3 aliphatic heterocycles. The second kappa shape index (κ2) is 6.81. The van der Waals surface area contributed by atoms with Crippen LogP contribution in [0.25, 0.3) is 0 Å². The molecule has 2 fully saturated rings. The number of nitrogens with two attached hydrogens (primary N) is 1. The first-order valence-electron chi connectivity index (χ1n) is 9.77. The molecule has 9 heteroatoms. The van der Waals surface area contributed by atoms with Gasteiger partial charge in [0.2, 0.25) is 23.6 Å². The van der Waals surface area contributed by atoms with E-state index in [4.69, 9.17) is 17.3 Å². The highest BCUT2D eigenvalue weighted by atomic mass is 35.5. The Morgan fingerprint density at radius 1 is 1.31 bits per heavy atom. The molecule has 3 unspecified atom stereocenters. The van der Waals surface area contributed by atoms with Gasteiger partial charge in [-0.05, 0) is 25.8 Å². The predicted molar refractivity (Wildman–Crippen MR) is 106 cm³/mol. The largest absolute Gasteiger partial charge is 0.370 e. The standard InChI is InChI=1S/C20H23ClN4O4/c1-3-9(2)25-17(27)14-12(7-8-13(22)26)24-20(15(14)18(25)28)10-5-4-6-11(21)16(10)23-19(20)29/h4-6,9,12,14-15,24H,3,7-8H2,1-2H3,(H2,22,26)(H,23,29)/t9?,12?,14-,15+,20?/m1/s1. The number of imide groups is 1. The number of hydrogen-bond acceptors (Lipinski definition) is 5. The highest BCUT2D eigenvalue weighted by Crippen LogP contribution is 2.54. The van der Waals surface area contributed by atoms with Crippen LogP contribution >= 0.6 is 11.6 Å². The third-order valence-electron chi connectivity index (χ3n) is 6.47. The molecule has 1 aromatic carbocycles. The zero-order chi connectivity index (χ0) is 21.1. The van der Waals surface area contributed by atoms with Gasteiger partial charge < -0.3 is 11.1 Å². The molecule has 0 radical (unpaired) electrons. The normalized spacial score (nSPS) is 31.2. The number of carbonyl (C=O) groups excluding carboxylic acids is 4. The number of para-hydroxylation sites is 1. The summed E-state index contributed by atoms with van der Waals surface area (Å²) in [4.78, 5) is 52.6. The molecule has 0 saturated carbocycles. The van der Waals surface area contributed by atoms with Crippen LogP contribution < -0.4 is 16.4 Å². The maximum absolute atomic E-state index is 13.4. The fourth-order valence-corrected chi connectivity index (χ4v) is 5.20. The van der Waals surface area contributed by atoms with E-state index in [2.05, 4.69) is 10.6 Å². The average Bonchev–Trinajstić information content (AvgIpc) is 3.26. The summed E-state index contributed by atoms with van der Waals surface area (Å²) in [6, 6.07) is 4.30. The summed E-state index contributed by atoms with van der Waals surface area (Å²) in [6.07, 6.45) is 0.915. The first-order valence-corrected chi connectivity index (χ1v) is 10.1. The highest BCUT2D eigenvalue weighted by Gasteiger charge is 2.70. The van der Waals surface area contributed by atoms with E-state index in [0.29, 0.717) is 22.7 Å². The molecule has 0 aliphatic carbocycles. The Balaban J connectivity index is 1.86. The van der Waals surface area contributed by atoms with Gasteiger partial charge >= 0.3 is 0 Å². The van der Waals surface area contributed by atoms with Crippen molar-refractivity contribution in [1.82, 2.24) is 10.2 Å². The summed E-state index contributed by atoms with van der Waals surface area (Å²) < 4.78 is 0. The number of rotatable bonds is 5. The first-order chi connectivity index (χ1) is 13.7. The van der Waals surface area contributed by atoms with Crippen molar-refractivity contribution in [3.05, 3.63) is 28.8 Å². The van der Waals surface area contributed by atoms with Crippen LogP contribution in [0.3, 0.4) is 0 Å². The Morgan fingerprint density at radius 3 is 2.69 bits per heavy atom. The van der Waals surface area contributed by atoms with E-state index in [1.54, 1.807) is 18.2 Å². The Kier molecular flexibility index (Phi) is 4.66. The quantitative estimate of drug-likeness (QED) is 0.618. The van der Waals surface area contributed by atoms with Gasteiger partial charge in [0.15, 0.2) is 0 Å². The van der Waals surface area contributed by atoms with Gasteiger partial charge in [-0.2, -0.15) is 0 Å². The zero-order valence-corrected chi connectivity index (χ0v) is 17.0. The Morgan fingerprint density at radius 2 is 2.03 bits per heavy atom. The molecule has 154 valence electrons. The second-order valence-electron chi connectivity index (χ2n) is 7.99. The lowest BCUT2D eigenvalue weighted by molar-refractivity contribution is -0.145. The maximum atomic E-state index is 13.4. The van der Waals surface area contributed by atoms with Gasteiger partial charge in [-0.25, -0.2) is 0 Å². The summed E-state index contributed by atoms with van der Waals surface area (Å²) in [7, 11) is 0. The topological polar surface area (TPSA) is 122 Å². The Bertz CT molecular complexity index is 935. The summed E-state index contributed by atoms with van der Waals surface area (Å²) in [5, 5.41) is 6.39. The zero-order valence-electron chi connectivity index (χ0n) is 16.2. The van der Waals surface area contributed by atoms with Gasteiger partial charge in [0.1, 0.15) is 5.54 Å². The Hall–Kier alpha value is -2.45. The van der Waals surface area contributed by atoms with Gasteiger partial charge in [-0.3, -0.25) is 29.4 Å². The van der Waals surface area contributed by atoms with Crippen LogP contribution in [0.4, 0.5) is 5.69 Å². The lowest BCUT2D eigenvalue weighted by Crippen LogP contribution is -2.54. The fourth-order valence-electron chi connectivity index (χ4n) is 4.98. The molecule has 4 rings (SSSR count). The molecular formula is C20H23ClN4O4.